The number of hydrogen-bond donors (Lipinski definition) is 1. The first kappa shape index (κ1) is 11.2. The second kappa shape index (κ2) is 4.71. The van der Waals surface area contributed by atoms with Crippen molar-refractivity contribution in [1.29, 1.82) is 0 Å². The first-order valence-corrected chi connectivity index (χ1v) is 5.72. The molecular formula is C11H13Cl2NO. The third-order valence-corrected chi connectivity index (χ3v) is 3.57. The SMILES string of the molecule is OCC1CN(Cc2cccc(Cl)c2Cl)C1. The molecule has 0 aliphatic carbocycles. The molecule has 0 aromatic heterocycles. The van der Waals surface area contributed by atoms with Crippen molar-refractivity contribution in [3.8, 4) is 0 Å². The molecule has 1 heterocycles. The van der Waals surface area contributed by atoms with Crippen LogP contribution in [-0.4, -0.2) is 29.7 Å². The fourth-order valence-corrected chi connectivity index (χ4v) is 2.21. The van der Waals surface area contributed by atoms with Crippen molar-refractivity contribution in [3.63, 3.8) is 0 Å². The molecule has 1 aliphatic heterocycles. The molecular weight excluding hydrogens is 233 g/mol. The summed E-state index contributed by atoms with van der Waals surface area (Å²) in [5.41, 5.74) is 1.06. The monoisotopic (exact) mass is 245 g/mol. The van der Waals surface area contributed by atoms with Gasteiger partial charge >= 0.3 is 0 Å². The third-order valence-electron chi connectivity index (χ3n) is 2.72. The van der Waals surface area contributed by atoms with Gasteiger partial charge in [-0.1, -0.05) is 35.3 Å². The quantitative estimate of drug-likeness (QED) is 0.885. The molecule has 1 aromatic carbocycles. The zero-order valence-electron chi connectivity index (χ0n) is 8.29. The topological polar surface area (TPSA) is 23.5 Å². The number of aliphatic hydroxyl groups excluding tert-OH is 1. The summed E-state index contributed by atoms with van der Waals surface area (Å²) in [5, 5.41) is 10.1. The van der Waals surface area contributed by atoms with E-state index in [2.05, 4.69) is 4.90 Å². The second-order valence-corrected chi connectivity index (χ2v) is 4.74. The highest BCUT2D eigenvalue weighted by Crippen LogP contribution is 2.28. The van der Waals surface area contributed by atoms with Gasteiger partial charge in [0.1, 0.15) is 0 Å². The maximum Gasteiger partial charge on any atom is 0.0637 e. The largest absolute Gasteiger partial charge is 0.396 e. The lowest BCUT2D eigenvalue weighted by atomic mass is 10.0. The minimum absolute atomic E-state index is 0.278. The minimum atomic E-state index is 0.278. The Morgan fingerprint density at radius 2 is 2.07 bits per heavy atom. The molecule has 0 radical (unpaired) electrons. The molecule has 1 N–H and O–H groups in total. The van der Waals surface area contributed by atoms with Gasteiger partial charge in [-0.3, -0.25) is 4.90 Å². The van der Waals surface area contributed by atoms with Crippen LogP contribution in [0, 0.1) is 5.92 Å². The van der Waals surface area contributed by atoms with Crippen molar-refractivity contribution in [2.75, 3.05) is 19.7 Å². The van der Waals surface area contributed by atoms with Crippen LogP contribution in [0.4, 0.5) is 0 Å². The van der Waals surface area contributed by atoms with Gasteiger partial charge in [-0.25, -0.2) is 0 Å². The lowest BCUT2D eigenvalue weighted by Crippen LogP contribution is -2.47. The molecule has 0 atom stereocenters. The normalized spacial score (nSPS) is 17.8. The van der Waals surface area contributed by atoms with E-state index in [0.29, 0.717) is 16.0 Å². The predicted octanol–water partition coefficient (Wildman–Crippen LogP) is 2.42. The van der Waals surface area contributed by atoms with Crippen LogP contribution in [0.1, 0.15) is 5.56 Å². The van der Waals surface area contributed by atoms with E-state index in [9.17, 15) is 0 Å². The molecule has 0 saturated carbocycles. The van der Waals surface area contributed by atoms with E-state index in [0.717, 1.165) is 25.2 Å². The zero-order valence-corrected chi connectivity index (χ0v) is 9.80. The van der Waals surface area contributed by atoms with E-state index in [1.807, 2.05) is 12.1 Å². The molecule has 15 heavy (non-hydrogen) atoms. The molecule has 1 saturated heterocycles. The minimum Gasteiger partial charge on any atom is -0.396 e. The molecule has 2 rings (SSSR count). The second-order valence-electron chi connectivity index (χ2n) is 3.96. The summed E-state index contributed by atoms with van der Waals surface area (Å²) in [4.78, 5) is 2.25. The average molecular weight is 246 g/mol. The van der Waals surface area contributed by atoms with Gasteiger partial charge in [-0.2, -0.15) is 0 Å². The summed E-state index contributed by atoms with van der Waals surface area (Å²) in [7, 11) is 0. The van der Waals surface area contributed by atoms with Crippen LogP contribution < -0.4 is 0 Å². The van der Waals surface area contributed by atoms with Crippen LogP contribution in [0.5, 0.6) is 0 Å². The van der Waals surface area contributed by atoms with E-state index in [4.69, 9.17) is 28.3 Å². The molecule has 82 valence electrons. The Hall–Kier alpha value is -0.280. The van der Waals surface area contributed by atoms with Crippen LogP contribution in [0.25, 0.3) is 0 Å². The van der Waals surface area contributed by atoms with Crippen LogP contribution in [0.3, 0.4) is 0 Å². The Morgan fingerprint density at radius 1 is 1.33 bits per heavy atom. The van der Waals surface area contributed by atoms with Crippen LogP contribution >= 0.6 is 23.2 Å². The van der Waals surface area contributed by atoms with E-state index in [1.54, 1.807) is 6.07 Å². The number of hydrogen-bond acceptors (Lipinski definition) is 2. The summed E-state index contributed by atoms with van der Waals surface area (Å²) in [6.07, 6.45) is 0. The molecule has 4 heteroatoms. The van der Waals surface area contributed by atoms with Crippen LogP contribution in [0.15, 0.2) is 18.2 Å². The Bertz CT molecular complexity index is 350. The lowest BCUT2D eigenvalue weighted by molar-refractivity contribution is 0.0479. The van der Waals surface area contributed by atoms with E-state index in [-0.39, 0.29) is 6.61 Å². The van der Waals surface area contributed by atoms with Gasteiger partial charge in [0.25, 0.3) is 0 Å². The maximum absolute atomic E-state index is 8.89. The zero-order chi connectivity index (χ0) is 10.8. The number of nitrogens with zero attached hydrogens (tertiary/aromatic N) is 1. The highest BCUT2D eigenvalue weighted by atomic mass is 35.5. The maximum atomic E-state index is 8.89. The molecule has 2 nitrogen and oxygen atoms in total. The Balaban J connectivity index is 1.97. The van der Waals surface area contributed by atoms with Crippen molar-refractivity contribution in [2.24, 2.45) is 5.92 Å². The molecule has 0 amide bonds. The number of rotatable bonds is 3. The van der Waals surface area contributed by atoms with E-state index in [1.165, 1.54) is 0 Å². The first-order chi connectivity index (χ1) is 7.20. The highest BCUT2D eigenvalue weighted by Gasteiger charge is 2.26. The Morgan fingerprint density at radius 3 is 2.73 bits per heavy atom. The molecule has 1 aromatic rings. The summed E-state index contributed by atoms with van der Waals surface area (Å²) < 4.78 is 0. The molecule has 0 unspecified atom stereocenters. The van der Waals surface area contributed by atoms with Gasteiger partial charge in [0.2, 0.25) is 0 Å². The van der Waals surface area contributed by atoms with Crippen molar-refractivity contribution in [2.45, 2.75) is 6.54 Å². The first-order valence-electron chi connectivity index (χ1n) is 4.97. The number of aliphatic hydroxyl groups is 1. The van der Waals surface area contributed by atoms with Crippen molar-refractivity contribution >= 4 is 23.2 Å². The fourth-order valence-electron chi connectivity index (χ4n) is 1.83. The van der Waals surface area contributed by atoms with Crippen LogP contribution in [-0.2, 0) is 6.54 Å². The molecule has 0 spiro atoms. The van der Waals surface area contributed by atoms with E-state index >= 15 is 0 Å². The predicted molar refractivity (Wildman–Crippen MR) is 62.3 cm³/mol. The summed E-state index contributed by atoms with van der Waals surface area (Å²) >= 11 is 12.0. The molecule has 0 bridgehead atoms. The number of likely N-dealkylation sites (tertiary alicyclic amines) is 1. The highest BCUT2D eigenvalue weighted by molar-refractivity contribution is 6.42. The van der Waals surface area contributed by atoms with Crippen molar-refractivity contribution in [3.05, 3.63) is 33.8 Å². The van der Waals surface area contributed by atoms with Gasteiger partial charge in [0.15, 0.2) is 0 Å². The fraction of sp³-hybridized carbons (Fsp3) is 0.455. The summed E-state index contributed by atoms with van der Waals surface area (Å²) in [6.45, 7) is 2.98. The molecule has 1 aliphatic rings. The van der Waals surface area contributed by atoms with Gasteiger partial charge in [0.05, 0.1) is 10.0 Å². The number of benzene rings is 1. The van der Waals surface area contributed by atoms with Gasteiger partial charge < -0.3 is 5.11 Å². The van der Waals surface area contributed by atoms with Gasteiger partial charge in [-0.15, -0.1) is 0 Å². The number of halogens is 2. The Kier molecular flexibility index (Phi) is 3.52. The average Bonchev–Trinajstić information content (AvgIpc) is 2.17. The van der Waals surface area contributed by atoms with Crippen molar-refractivity contribution in [1.82, 2.24) is 4.90 Å². The van der Waals surface area contributed by atoms with Crippen molar-refractivity contribution < 1.29 is 5.11 Å². The van der Waals surface area contributed by atoms with Gasteiger partial charge in [-0.05, 0) is 11.6 Å². The third kappa shape index (κ3) is 2.45. The summed E-state index contributed by atoms with van der Waals surface area (Å²) in [6, 6.07) is 5.69. The molecule has 1 fully saturated rings. The lowest BCUT2D eigenvalue weighted by Gasteiger charge is -2.38. The van der Waals surface area contributed by atoms with E-state index < -0.39 is 0 Å². The standard InChI is InChI=1S/C11H13Cl2NO/c12-10-3-1-2-9(11(10)13)6-14-4-8(5-14)7-15/h1-3,8,15H,4-7H2. The smallest absolute Gasteiger partial charge is 0.0637 e. The summed E-state index contributed by atoms with van der Waals surface area (Å²) in [5.74, 6) is 0.433. The van der Waals surface area contributed by atoms with Gasteiger partial charge in [0, 0.05) is 32.2 Å². The van der Waals surface area contributed by atoms with Crippen LogP contribution in [0.2, 0.25) is 10.0 Å². The Labute approximate surface area is 99.4 Å².